The van der Waals surface area contributed by atoms with Crippen LogP contribution in [0.2, 0.25) is 0 Å². The third-order valence-corrected chi connectivity index (χ3v) is 5.49. The van der Waals surface area contributed by atoms with Gasteiger partial charge >= 0.3 is 0 Å². The number of fused-ring (bicyclic) bond motifs is 1. The van der Waals surface area contributed by atoms with E-state index >= 15 is 0 Å². The molecule has 2 aromatic heterocycles. The molecule has 3 heterocycles. The third-order valence-electron chi connectivity index (χ3n) is 5.49. The van der Waals surface area contributed by atoms with Crippen molar-refractivity contribution in [2.75, 3.05) is 31.1 Å². The van der Waals surface area contributed by atoms with Gasteiger partial charge in [-0.25, -0.2) is 9.97 Å². The molecular formula is C23H21N5O2. The fourth-order valence-corrected chi connectivity index (χ4v) is 3.87. The highest BCUT2D eigenvalue weighted by molar-refractivity contribution is 5.98. The van der Waals surface area contributed by atoms with E-state index in [-0.39, 0.29) is 11.7 Å². The van der Waals surface area contributed by atoms with Crippen LogP contribution in [0.15, 0.2) is 73.2 Å². The summed E-state index contributed by atoms with van der Waals surface area (Å²) in [5.41, 5.74) is 2.63. The van der Waals surface area contributed by atoms with Crippen LogP contribution in [0.1, 0.15) is 10.4 Å². The van der Waals surface area contributed by atoms with Gasteiger partial charge in [0.25, 0.3) is 5.91 Å². The summed E-state index contributed by atoms with van der Waals surface area (Å²) in [6.45, 7) is 2.82. The number of hydrogen-bond donors (Lipinski definition) is 1. The van der Waals surface area contributed by atoms with E-state index in [1.54, 1.807) is 30.6 Å². The maximum absolute atomic E-state index is 13.1. The maximum Gasteiger partial charge on any atom is 0.254 e. The van der Waals surface area contributed by atoms with Gasteiger partial charge in [0.1, 0.15) is 5.75 Å². The number of carbonyl (C=O) groups is 1. The molecule has 7 nitrogen and oxygen atoms in total. The van der Waals surface area contributed by atoms with Crippen LogP contribution in [0, 0.1) is 0 Å². The first-order chi connectivity index (χ1) is 14.7. The lowest BCUT2D eigenvalue weighted by molar-refractivity contribution is 0.0747. The Kier molecular flexibility index (Phi) is 4.55. The number of phenolic OH excluding ortho intramolecular Hbond substituents is 1. The van der Waals surface area contributed by atoms with Crippen molar-refractivity contribution in [2.24, 2.45) is 0 Å². The second kappa shape index (κ2) is 7.51. The summed E-state index contributed by atoms with van der Waals surface area (Å²) in [6, 6.07) is 16.7. The van der Waals surface area contributed by atoms with Crippen LogP contribution < -0.4 is 4.90 Å². The van der Waals surface area contributed by atoms with Crippen molar-refractivity contribution in [1.82, 2.24) is 19.4 Å². The molecule has 4 aromatic rings. The first-order valence-corrected chi connectivity index (χ1v) is 9.91. The van der Waals surface area contributed by atoms with E-state index in [4.69, 9.17) is 0 Å². The van der Waals surface area contributed by atoms with Crippen LogP contribution in [0.25, 0.3) is 16.9 Å². The van der Waals surface area contributed by atoms with Gasteiger partial charge in [0, 0.05) is 61.4 Å². The van der Waals surface area contributed by atoms with Gasteiger partial charge in [-0.15, -0.1) is 0 Å². The highest BCUT2D eigenvalue weighted by Crippen LogP contribution is 2.23. The topological polar surface area (TPSA) is 74.5 Å². The van der Waals surface area contributed by atoms with Gasteiger partial charge in [-0.2, -0.15) is 0 Å². The highest BCUT2D eigenvalue weighted by Gasteiger charge is 2.23. The average Bonchev–Trinajstić information content (AvgIpc) is 3.23. The van der Waals surface area contributed by atoms with E-state index in [0.29, 0.717) is 24.6 Å². The van der Waals surface area contributed by atoms with Crippen molar-refractivity contribution in [2.45, 2.75) is 0 Å². The molecule has 0 bridgehead atoms. The molecule has 7 heteroatoms. The van der Waals surface area contributed by atoms with Crippen molar-refractivity contribution < 1.29 is 9.90 Å². The number of phenols is 1. The fraction of sp³-hybridized carbons (Fsp3) is 0.174. The molecular weight excluding hydrogens is 378 g/mol. The van der Waals surface area contributed by atoms with Crippen LogP contribution in [-0.4, -0.2) is 56.6 Å². The van der Waals surface area contributed by atoms with Crippen LogP contribution >= 0.6 is 0 Å². The number of anilines is 1. The zero-order valence-corrected chi connectivity index (χ0v) is 16.3. The lowest BCUT2D eigenvalue weighted by Gasteiger charge is -2.36. The van der Waals surface area contributed by atoms with Crippen LogP contribution in [-0.2, 0) is 0 Å². The summed E-state index contributed by atoms with van der Waals surface area (Å²) in [5, 5.41) is 10.5. The van der Waals surface area contributed by atoms with Crippen molar-refractivity contribution in [3.63, 3.8) is 0 Å². The summed E-state index contributed by atoms with van der Waals surface area (Å²) in [7, 11) is 0. The number of amides is 1. The molecule has 1 saturated heterocycles. The summed E-state index contributed by atoms with van der Waals surface area (Å²) in [4.78, 5) is 25.9. The first kappa shape index (κ1) is 18.2. The molecule has 1 aliphatic heterocycles. The number of rotatable bonds is 3. The van der Waals surface area contributed by atoms with Crippen LogP contribution in [0.3, 0.4) is 0 Å². The molecule has 0 atom stereocenters. The number of carbonyl (C=O) groups excluding carboxylic acids is 1. The summed E-state index contributed by atoms with van der Waals surface area (Å²) in [6.07, 6.45) is 5.33. The number of benzene rings is 2. The van der Waals surface area contributed by atoms with Gasteiger partial charge in [-0.3, -0.25) is 9.36 Å². The van der Waals surface area contributed by atoms with E-state index in [0.717, 1.165) is 29.7 Å². The first-order valence-electron chi connectivity index (χ1n) is 9.91. The minimum absolute atomic E-state index is 0.0315. The lowest BCUT2D eigenvalue weighted by atomic mass is 10.1. The van der Waals surface area contributed by atoms with Gasteiger partial charge < -0.3 is 14.9 Å². The predicted molar refractivity (Wildman–Crippen MR) is 115 cm³/mol. The van der Waals surface area contributed by atoms with Gasteiger partial charge in [-0.05, 0) is 48.5 Å². The fourth-order valence-electron chi connectivity index (χ4n) is 3.87. The number of aromatic hydroxyl groups is 1. The minimum Gasteiger partial charge on any atom is -0.508 e. The Bertz CT molecular complexity index is 1180. The van der Waals surface area contributed by atoms with E-state index in [9.17, 15) is 9.90 Å². The minimum atomic E-state index is 0.0315. The summed E-state index contributed by atoms with van der Waals surface area (Å²) in [5.74, 6) is 0.872. The van der Waals surface area contributed by atoms with Gasteiger partial charge in [0.15, 0.2) is 0 Å². The Hall–Kier alpha value is -3.87. The summed E-state index contributed by atoms with van der Waals surface area (Å²) >= 11 is 0. The van der Waals surface area contributed by atoms with Crippen LogP contribution in [0.4, 0.5) is 5.69 Å². The second-order valence-corrected chi connectivity index (χ2v) is 7.30. The smallest absolute Gasteiger partial charge is 0.254 e. The largest absolute Gasteiger partial charge is 0.508 e. The molecule has 30 heavy (non-hydrogen) atoms. The molecule has 0 aliphatic carbocycles. The standard InChI is InChI=1S/C23H21N5O2/c29-20-6-4-19(5-7-20)26-12-14-27(15-13-26)22(30)18-3-2-17-8-11-28(21(17)16-18)23-24-9-1-10-25-23/h1-11,16,29H,12-15H2. The molecule has 0 saturated carbocycles. The third kappa shape index (κ3) is 3.34. The summed E-state index contributed by atoms with van der Waals surface area (Å²) < 4.78 is 1.90. The monoisotopic (exact) mass is 399 g/mol. The molecule has 2 aromatic carbocycles. The molecule has 1 amide bonds. The Morgan fingerprint density at radius 1 is 0.900 bits per heavy atom. The van der Waals surface area contributed by atoms with Gasteiger partial charge in [0.2, 0.25) is 5.95 Å². The van der Waals surface area contributed by atoms with E-state index in [2.05, 4.69) is 14.9 Å². The lowest BCUT2D eigenvalue weighted by Crippen LogP contribution is -2.48. The zero-order chi connectivity index (χ0) is 20.5. The molecule has 5 rings (SSSR count). The zero-order valence-electron chi connectivity index (χ0n) is 16.3. The number of hydrogen-bond acceptors (Lipinski definition) is 5. The molecule has 1 aliphatic rings. The maximum atomic E-state index is 13.1. The molecule has 0 unspecified atom stereocenters. The normalized spacial score (nSPS) is 14.3. The SMILES string of the molecule is O=C(c1ccc2ccn(-c3ncccn3)c2c1)N1CCN(c2ccc(O)cc2)CC1. The Balaban J connectivity index is 1.34. The molecule has 0 spiro atoms. The van der Waals surface area contributed by atoms with E-state index in [1.807, 2.05) is 52.1 Å². The molecule has 0 radical (unpaired) electrons. The predicted octanol–water partition coefficient (Wildman–Crippen LogP) is 3.09. The van der Waals surface area contributed by atoms with Gasteiger partial charge in [0.05, 0.1) is 5.52 Å². The number of aromatic nitrogens is 3. The van der Waals surface area contributed by atoms with Crippen molar-refractivity contribution >= 4 is 22.5 Å². The van der Waals surface area contributed by atoms with E-state index in [1.165, 1.54) is 0 Å². The van der Waals surface area contributed by atoms with E-state index < -0.39 is 0 Å². The Morgan fingerprint density at radius 2 is 1.63 bits per heavy atom. The number of piperazine rings is 1. The van der Waals surface area contributed by atoms with Gasteiger partial charge in [-0.1, -0.05) is 6.07 Å². The second-order valence-electron chi connectivity index (χ2n) is 7.30. The van der Waals surface area contributed by atoms with Crippen molar-refractivity contribution in [1.29, 1.82) is 0 Å². The Morgan fingerprint density at radius 3 is 2.37 bits per heavy atom. The number of nitrogens with zero attached hydrogens (tertiary/aromatic N) is 5. The highest BCUT2D eigenvalue weighted by atomic mass is 16.3. The quantitative estimate of drug-likeness (QED) is 0.573. The van der Waals surface area contributed by atoms with Crippen molar-refractivity contribution in [3.05, 3.63) is 78.8 Å². The molecule has 150 valence electrons. The average molecular weight is 399 g/mol. The Labute approximate surface area is 173 Å². The van der Waals surface area contributed by atoms with Crippen molar-refractivity contribution in [3.8, 4) is 11.7 Å². The molecule has 1 fully saturated rings. The molecule has 1 N–H and O–H groups in total. The van der Waals surface area contributed by atoms with Crippen LogP contribution in [0.5, 0.6) is 5.75 Å².